The minimum absolute atomic E-state index is 0.000245. The average molecular weight is 641 g/mol. The Morgan fingerprint density at radius 1 is 1.13 bits per heavy atom. The summed E-state index contributed by atoms with van der Waals surface area (Å²) in [5, 5.41) is 12.8. The van der Waals surface area contributed by atoms with Crippen molar-refractivity contribution < 1.29 is 42.4 Å². The summed E-state index contributed by atoms with van der Waals surface area (Å²) in [5.41, 5.74) is 5.27. The molecule has 2 unspecified atom stereocenters. The molecule has 4 atom stereocenters. The Kier molecular flexibility index (Phi) is 7.60. The van der Waals surface area contributed by atoms with Crippen molar-refractivity contribution in [3.8, 4) is 11.5 Å². The minimum atomic E-state index is -1.49. The third-order valence-corrected chi connectivity index (χ3v) is 9.13. The number of fused-ring (bicyclic) bond motifs is 5. The van der Waals surface area contributed by atoms with Gasteiger partial charge in [0, 0.05) is 49.2 Å². The van der Waals surface area contributed by atoms with Crippen LogP contribution in [0.2, 0.25) is 0 Å². The number of aromatic carboxylic acids is 1. The van der Waals surface area contributed by atoms with Gasteiger partial charge in [-0.15, -0.1) is 0 Å². The fourth-order valence-corrected chi connectivity index (χ4v) is 6.59. The van der Waals surface area contributed by atoms with E-state index in [1.54, 1.807) is 16.7 Å². The number of anilines is 1. The molecule has 0 amide bonds. The molecule has 3 aromatic rings. The average Bonchev–Trinajstić information content (AvgIpc) is 3.82. The summed E-state index contributed by atoms with van der Waals surface area (Å²) in [6.45, 7) is 2.54. The minimum Gasteiger partial charge on any atom is -0.477 e. The highest BCUT2D eigenvalue weighted by Crippen LogP contribution is 2.44. The van der Waals surface area contributed by atoms with Crippen LogP contribution in [0.4, 0.5) is 14.5 Å². The van der Waals surface area contributed by atoms with E-state index >= 15 is 4.39 Å². The Labute approximate surface area is 261 Å². The van der Waals surface area contributed by atoms with Gasteiger partial charge in [0.2, 0.25) is 5.43 Å². The number of hydrogen-bond donors (Lipinski definition) is 3. The van der Waals surface area contributed by atoms with Gasteiger partial charge in [-0.25, -0.2) is 13.6 Å². The van der Waals surface area contributed by atoms with Gasteiger partial charge in [-0.05, 0) is 56.9 Å². The number of rotatable bonds is 8. The molecule has 14 heteroatoms. The molecule has 0 spiro atoms. The van der Waals surface area contributed by atoms with E-state index in [1.165, 1.54) is 25.3 Å². The van der Waals surface area contributed by atoms with Crippen LogP contribution >= 0.6 is 0 Å². The number of hydrogen-bond acceptors (Lipinski definition) is 10. The van der Waals surface area contributed by atoms with E-state index in [0.717, 1.165) is 18.9 Å². The number of pyridine rings is 1. The quantitative estimate of drug-likeness (QED) is 0.312. The van der Waals surface area contributed by atoms with Crippen LogP contribution in [0.15, 0.2) is 41.3 Å². The van der Waals surface area contributed by atoms with Gasteiger partial charge in [0.15, 0.2) is 17.8 Å². The number of nitrogens with one attached hydrogen (secondary N) is 1. The second-order valence-corrected chi connectivity index (χ2v) is 12.4. The summed E-state index contributed by atoms with van der Waals surface area (Å²) in [6, 6.07) is 6.38. The molecule has 1 aromatic heterocycles. The second kappa shape index (κ2) is 11.5. The Morgan fingerprint density at radius 2 is 1.89 bits per heavy atom. The topological polar surface area (TPSA) is 155 Å². The van der Waals surface area contributed by atoms with Crippen molar-refractivity contribution in [3.05, 3.63) is 63.9 Å². The van der Waals surface area contributed by atoms with Gasteiger partial charge in [0.1, 0.15) is 35.9 Å². The SMILES string of the molecule is C[C@H](N)C(=O)OC[C@H]1CNC(C2(C3CCN(c4cc5c(cc4F)c(=O)c(C(=O)O)cn5C4CC4)CC3)Oc3ccc(c(F)c3)O2)O1. The number of ether oxygens (including phenoxy) is 4. The Balaban J connectivity index is 1.15. The maximum absolute atomic E-state index is 15.6. The highest BCUT2D eigenvalue weighted by molar-refractivity contribution is 5.93. The molecule has 12 nitrogen and oxygen atoms in total. The molecule has 5 aliphatic rings. The summed E-state index contributed by atoms with van der Waals surface area (Å²) < 4.78 is 56.4. The molecule has 1 saturated carbocycles. The van der Waals surface area contributed by atoms with Gasteiger partial charge >= 0.3 is 11.9 Å². The van der Waals surface area contributed by atoms with Crippen molar-refractivity contribution in [2.24, 2.45) is 11.7 Å². The first kappa shape index (κ1) is 30.4. The molecule has 2 aromatic carbocycles. The lowest BCUT2D eigenvalue weighted by Crippen LogP contribution is -2.63. The molecular formula is C32H34F2N4O8. The number of carbonyl (C=O) groups is 2. The van der Waals surface area contributed by atoms with Crippen molar-refractivity contribution in [1.82, 2.24) is 9.88 Å². The van der Waals surface area contributed by atoms with Crippen LogP contribution in [0.5, 0.6) is 11.5 Å². The van der Waals surface area contributed by atoms with Crippen molar-refractivity contribution in [2.75, 3.05) is 31.1 Å². The normalized spacial score (nSPS) is 25.2. The molecule has 4 aliphatic heterocycles. The van der Waals surface area contributed by atoms with E-state index in [0.29, 0.717) is 43.7 Å². The van der Waals surface area contributed by atoms with Crippen LogP contribution in [-0.2, 0) is 14.3 Å². The van der Waals surface area contributed by atoms with Gasteiger partial charge in [0.05, 0.1) is 11.2 Å². The monoisotopic (exact) mass is 640 g/mol. The summed E-state index contributed by atoms with van der Waals surface area (Å²) in [4.78, 5) is 38.4. The van der Waals surface area contributed by atoms with Gasteiger partial charge in [-0.3, -0.25) is 14.9 Å². The van der Waals surface area contributed by atoms with E-state index in [9.17, 15) is 23.9 Å². The molecule has 46 heavy (non-hydrogen) atoms. The molecule has 2 bridgehead atoms. The third kappa shape index (κ3) is 5.33. The first-order valence-electron chi connectivity index (χ1n) is 15.4. The smallest absolute Gasteiger partial charge is 0.341 e. The van der Waals surface area contributed by atoms with Crippen LogP contribution in [0.3, 0.4) is 0 Å². The zero-order valence-electron chi connectivity index (χ0n) is 25.0. The fourth-order valence-electron chi connectivity index (χ4n) is 6.59. The van der Waals surface area contributed by atoms with Crippen LogP contribution in [0, 0.1) is 17.6 Å². The maximum Gasteiger partial charge on any atom is 0.341 e. The Bertz CT molecular complexity index is 1770. The highest BCUT2D eigenvalue weighted by Gasteiger charge is 2.56. The summed E-state index contributed by atoms with van der Waals surface area (Å²) in [6.07, 6.45) is 2.53. The highest BCUT2D eigenvalue weighted by atomic mass is 19.1. The van der Waals surface area contributed by atoms with Crippen molar-refractivity contribution in [3.63, 3.8) is 0 Å². The Morgan fingerprint density at radius 3 is 2.57 bits per heavy atom. The lowest BCUT2D eigenvalue weighted by atomic mass is 9.86. The van der Waals surface area contributed by atoms with E-state index in [4.69, 9.17) is 24.7 Å². The zero-order valence-corrected chi connectivity index (χ0v) is 25.0. The molecule has 5 heterocycles. The van der Waals surface area contributed by atoms with E-state index < -0.39 is 53.2 Å². The largest absolute Gasteiger partial charge is 0.477 e. The molecule has 8 rings (SSSR count). The molecule has 3 fully saturated rings. The number of carboxylic acid groups (broad SMARTS) is 1. The van der Waals surface area contributed by atoms with E-state index in [1.807, 2.05) is 4.90 Å². The second-order valence-electron chi connectivity index (χ2n) is 12.4. The zero-order chi connectivity index (χ0) is 32.3. The summed E-state index contributed by atoms with van der Waals surface area (Å²) in [7, 11) is 0. The summed E-state index contributed by atoms with van der Waals surface area (Å²) >= 11 is 0. The molecule has 244 valence electrons. The maximum atomic E-state index is 15.6. The van der Waals surface area contributed by atoms with Crippen LogP contribution in [0.1, 0.15) is 49.0 Å². The van der Waals surface area contributed by atoms with Crippen molar-refractivity contribution in [2.45, 2.75) is 62.8 Å². The number of esters is 1. The standard InChI is InChI=1S/C32H34F2N4O8/c1-16(35)30(42)43-15-20-13-36-31(44-20)32(45-19-4-5-27(46-32)24(34)10-19)17-6-8-37(9-7-17)26-12-25-21(11-23(26)33)28(39)22(29(40)41)14-38(25)18-2-3-18/h4-5,10-12,14,16-18,20,31,36H,2-3,6-9,13,15,35H2,1H3,(H,40,41)/t16-,20+,31?,32?/m0/s1. The van der Waals surface area contributed by atoms with E-state index in [2.05, 4.69) is 5.32 Å². The van der Waals surface area contributed by atoms with Gasteiger partial charge in [0.25, 0.3) is 5.79 Å². The number of aromatic nitrogens is 1. The predicted molar refractivity (Wildman–Crippen MR) is 160 cm³/mol. The Hall–Kier alpha value is -4.27. The van der Waals surface area contributed by atoms with E-state index in [-0.39, 0.29) is 41.0 Å². The number of carbonyl (C=O) groups excluding carboxylic acids is 1. The molecule has 1 aliphatic carbocycles. The van der Waals surface area contributed by atoms with Crippen LogP contribution in [-0.4, -0.2) is 72.0 Å². The first-order valence-corrected chi connectivity index (χ1v) is 15.4. The molecule has 4 N–H and O–H groups in total. The lowest BCUT2D eigenvalue weighted by Gasteiger charge is -2.45. The number of benzene rings is 2. The number of nitrogens with two attached hydrogens (primary N) is 1. The summed E-state index contributed by atoms with van der Waals surface area (Å²) in [5.74, 6) is -4.70. The molecule has 0 radical (unpaired) electrons. The van der Waals surface area contributed by atoms with Crippen LogP contribution in [0.25, 0.3) is 10.9 Å². The number of piperidine rings is 1. The number of halogens is 2. The van der Waals surface area contributed by atoms with Gasteiger partial charge < -0.3 is 39.3 Å². The van der Waals surface area contributed by atoms with Crippen LogP contribution < -0.4 is 30.9 Å². The van der Waals surface area contributed by atoms with Crippen molar-refractivity contribution >= 4 is 28.5 Å². The first-order chi connectivity index (χ1) is 22.0. The molecular weight excluding hydrogens is 606 g/mol. The van der Waals surface area contributed by atoms with Gasteiger partial charge in [-0.1, -0.05) is 0 Å². The van der Waals surface area contributed by atoms with Crippen molar-refractivity contribution in [1.29, 1.82) is 0 Å². The van der Waals surface area contributed by atoms with Gasteiger partial charge in [-0.2, -0.15) is 0 Å². The lowest BCUT2D eigenvalue weighted by molar-refractivity contribution is -0.237. The number of carboxylic acids is 1. The predicted octanol–water partition coefficient (Wildman–Crippen LogP) is 2.90. The molecule has 2 saturated heterocycles. The number of nitrogens with zero attached hydrogens (tertiary/aromatic N) is 2. The third-order valence-electron chi connectivity index (χ3n) is 9.13. The fraction of sp³-hybridized carbons (Fsp3) is 0.469.